The predicted octanol–water partition coefficient (Wildman–Crippen LogP) is 1.18. The van der Waals surface area contributed by atoms with Crippen molar-refractivity contribution in [1.29, 1.82) is 0 Å². The van der Waals surface area contributed by atoms with E-state index in [1.54, 1.807) is 0 Å². The van der Waals surface area contributed by atoms with E-state index in [-0.39, 0.29) is 34.3 Å². The Bertz CT molecular complexity index is 802. The van der Waals surface area contributed by atoms with E-state index in [1.807, 2.05) is 20.8 Å². The van der Waals surface area contributed by atoms with Crippen molar-refractivity contribution in [2.24, 2.45) is 0 Å². The molecule has 0 aliphatic carbocycles. The van der Waals surface area contributed by atoms with Crippen molar-refractivity contribution in [2.45, 2.75) is 42.9 Å². The average Bonchev–Trinajstić information content (AvgIpc) is 2.78. The lowest BCUT2D eigenvalue weighted by molar-refractivity contribution is 0.0919. The molecular formula is C15H21NO5S2. The van der Waals surface area contributed by atoms with Crippen molar-refractivity contribution in [2.75, 3.05) is 11.5 Å². The Kier molecular flexibility index (Phi) is 4.60. The molecule has 0 aromatic heterocycles. The summed E-state index contributed by atoms with van der Waals surface area (Å²) in [7, 11) is -6.97. The fourth-order valence-corrected chi connectivity index (χ4v) is 6.77. The minimum atomic E-state index is -3.70. The van der Waals surface area contributed by atoms with Crippen LogP contribution in [0.5, 0.6) is 0 Å². The van der Waals surface area contributed by atoms with Gasteiger partial charge in [0.25, 0.3) is 5.91 Å². The van der Waals surface area contributed by atoms with Crippen LogP contribution in [0.1, 0.15) is 37.6 Å². The molecule has 1 heterocycles. The normalized spacial score (nSPS) is 21.1. The summed E-state index contributed by atoms with van der Waals surface area (Å²) in [5, 5.41) is 1.89. The molecular weight excluding hydrogens is 338 g/mol. The maximum atomic E-state index is 12.5. The van der Waals surface area contributed by atoms with Gasteiger partial charge in [-0.15, -0.1) is 0 Å². The Hall–Kier alpha value is -1.41. The summed E-state index contributed by atoms with van der Waals surface area (Å²) in [6.45, 7) is 5.55. The van der Waals surface area contributed by atoms with Crippen LogP contribution in [0.2, 0.25) is 0 Å². The highest BCUT2D eigenvalue weighted by molar-refractivity contribution is 7.96. The van der Waals surface area contributed by atoms with Crippen molar-refractivity contribution in [3.05, 3.63) is 29.8 Å². The molecule has 1 aliphatic heterocycles. The topological polar surface area (TPSA) is 97.4 Å². The standard InChI is InChI=1S/C15H21NO5S2/c1-15(2,3)16-14(17)11-4-6-12(7-5-11)23(20,21)13-8-9-22(18,19)10-13/h4-7,13H,8-10H2,1-3H3,(H,16,17). The number of carbonyl (C=O) groups excluding carboxylic acids is 1. The van der Waals surface area contributed by atoms with Gasteiger partial charge in [0.05, 0.1) is 21.7 Å². The fraction of sp³-hybridized carbons (Fsp3) is 0.533. The molecule has 1 N–H and O–H groups in total. The molecule has 0 bridgehead atoms. The van der Waals surface area contributed by atoms with E-state index < -0.39 is 24.9 Å². The molecule has 128 valence electrons. The van der Waals surface area contributed by atoms with Crippen LogP contribution >= 0.6 is 0 Å². The zero-order valence-electron chi connectivity index (χ0n) is 13.4. The number of benzene rings is 1. The first kappa shape index (κ1) is 17.9. The van der Waals surface area contributed by atoms with E-state index >= 15 is 0 Å². The lowest BCUT2D eigenvalue weighted by atomic mass is 10.1. The molecule has 2 rings (SSSR count). The van der Waals surface area contributed by atoms with Crippen molar-refractivity contribution < 1.29 is 21.6 Å². The van der Waals surface area contributed by atoms with Gasteiger partial charge in [-0.3, -0.25) is 4.79 Å². The number of nitrogens with one attached hydrogen (secondary N) is 1. The quantitative estimate of drug-likeness (QED) is 0.874. The Morgan fingerprint density at radius 3 is 2.17 bits per heavy atom. The van der Waals surface area contributed by atoms with Crippen molar-refractivity contribution in [3.63, 3.8) is 0 Å². The molecule has 1 amide bonds. The van der Waals surface area contributed by atoms with Gasteiger partial charge in [0.2, 0.25) is 0 Å². The highest BCUT2D eigenvalue weighted by Gasteiger charge is 2.38. The van der Waals surface area contributed by atoms with Gasteiger partial charge in [-0.2, -0.15) is 0 Å². The molecule has 1 fully saturated rings. The molecule has 23 heavy (non-hydrogen) atoms. The second-order valence-electron chi connectivity index (χ2n) is 6.80. The summed E-state index contributed by atoms with van der Waals surface area (Å²) in [6, 6.07) is 5.60. The van der Waals surface area contributed by atoms with E-state index in [0.29, 0.717) is 5.56 Å². The van der Waals surface area contributed by atoms with Gasteiger partial charge in [-0.25, -0.2) is 16.8 Å². The monoisotopic (exact) mass is 359 g/mol. The van der Waals surface area contributed by atoms with Crippen LogP contribution in [0.3, 0.4) is 0 Å². The molecule has 0 saturated carbocycles. The predicted molar refractivity (Wildman–Crippen MR) is 87.9 cm³/mol. The van der Waals surface area contributed by atoms with Gasteiger partial charge in [0, 0.05) is 11.1 Å². The first-order valence-electron chi connectivity index (χ1n) is 7.28. The molecule has 1 aromatic carbocycles. The van der Waals surface area contributed by atoms with E-state index in [1.165, 1.54) is 24.3 Å². The highest BCUT2D eigenvalue weighted by Crippen LogP contribution is 2.25. The number of carbonyl (C=O) groups is 1. The maximum absolute atomic E-state index is 12.5. The molecule has 1 saturated heterocycles. The van der Waals surface area contributed by atoms with Gasteiger partial charge in [0.1, 0.15) is 0 Å². The number of sulfone groups is 2. The van der Waals surface area contributed by atoms with Crippen LogP contribution in [0.25, 0.3) is 0 Å². The Labute approximate surface area is 137 Å². The molecule has 6 nitrogen and oxygen atoms in total. The van der Waals surface area contributed by atoms with E-state index in [4.69, 9.17) is 0 Å². The minimum Gasteiger partial charge on any atom is -0.347 e. The van der Waals surface area contributed by atoms with Crippen LogP contribution in [0.4, 0.5) is 0 Å². The lowest BCUT2D eigenvalue weighted by Gasteiger charge is -2.20. The maximum Gasteiger partial charge on any atom is 0.251 e. The second kappa shape index (κ2) is 5.90. The van der Waals surface area contributed by atoms with E-state index in [0.717, 1.165) is 0 Å². The smallest absolute Gasteiger partial charge is 0.251 e. The summed E-state index contributed by atoms with van der Waals surface area (Å²) in [6.07, 6.45) is 0.122. The first-order valence-corrected chi connectivity index (χ1v) is 10.6. The van der Waals surface area contributed by atoms with Crippen molar-refractivity contribution in [3.8, 4) is 0 Å². The van der Waals surface area contributed by atoms with Gasteiger partial charge >= 0.3 is 0 Å². The largest absolute Gasteiger partial charge is 0.347 e. The van der Waals surface area contributed by atoms with E-state index in [2.05, 4.69) is 5.32 Å². The summed E-state index contributed by atoms with van der Waals surface area (Å²) in [5.74, 6) is -0.713. The zero-order chi connectivity index (χ0) is 17.5. The minimum absolute atomic E-state index is 0.0481. The zero-order valence-corrected chi connectivity index (χ0v) is 15.0. The van der Waals surface area contributed by atoms with Gasteiger partial charge in [0.15, 0.2) is 19.7 Å². The number of hydrogen-bond acceptors (Lipinski definition) is 5. The number of amides is 1. The highest BCUT2D eigenvalue weighted by atomic mass is 32.2. The van der Waals surface area contributed by atoms with Crippen LogP contribution in [-0.2, 0) is 19.7 Å². The molecule has 1 aromatic rings. The Morgan fingerprint density at radius 1 is 1.17 bits per heavy atom. The Morgan fingerprint density at radius 2 is 1.74 bits per heavy atom. The molecule has 0 radical (unpaired) electrons. The van der Waals surface area contributed by atoms with Crippen LogP contribution in [-0.4, -0.2) is 45.0 Å². The number of rotatable bonds is 3. The summed E-state index contributed by atoms with van der Waals surface area (Å²) >= 11 is 0. The Balaban J connectivity index is 2.21. The molecule has 1 unspecified atom stereocenters. The molecule has 0 spiro atoms. The lowest BCUT2D eigenvalue weighted by Crippen LogP contribution is -2.40. The second-order valence-corrected chi connectivity index (χ2v) is 11.3. The summed E-state index contributed by atoms with van der Waals surface area (Å²) in [4.78, 5) is 12.1. The number of hydrogen-bond donors (Lipinski definition) is 1. The van der Waals surface area contributed by atoms with Gasteiger partial charge in [-0.1, -0.05) is 0 Å². The SMILES string of the molecule is CC(C)(C)NC(=O)c1ccc(S(=O)(=O)C2CCS(=O)(=O)C2)cc1. The third-order valence-corrected chi connectivity index (χ3v) is 7.75. The fourth-order valence-electron chi connectivity index (χ4n) is 2.41. The van der Waals surface area contributed by atoms with Crippen molar-refractivity contribution in [1.82, 2.24) is 5.32 Å². The average molecular weight is 359 g/mol. The third kappa shape index (κ3) is 4.32. The van der Waals surface area contributed by atoms with Crippen molar-refractivity contribution >= 4 is 25.6 Å². The molecule has 8 heteroatoms. The first-order chi connectivity index (χ1) is 10.4. The summed E-state index contributed by atoms with van der Waals surface area (Å²) < 4.78 is 47.9. The molecule has 1 aliphatic rings. The van der Waals surface area contributed by atoms with Gasteiger partial charge < -0.3 is 5.32 Å². The molecule has 1 atom stereocenters. The van der Waals surface area contributed by atoms with Crippen LogP contribution < -0.4 is 5.32 Å². The third-order valence-electron chi connectivity index (χ3n) is 3.56. The van der Waals surface area contributed by atoms with Crippen LogP contribution in [0, 0.1) is 0 Å². The van der Waals surface area contributed by atoms with Crippen LogP contribution in [0.15, 0.2) is 29.2 Å². The summed E-state index contributed by atoms with van der Waals surface area (Å²) in [5.41, 5.74) is -0.0297. The van der Waals surface area contributed by atoms with E-state index in [9.17, 15) is 21.6 Å². The van der Waals surface area contributed by atoms with Gasteiger partial charge in [-0.05, 0) is 51.5 Å².